The molecule has 0 saturated heterocycles. The van der Waals surface area contributed by atoms with Crippen molar-refractivity contribution in [3.8, 4) is 0 Å². The largest absolute Gasteiger partial charge is 0.481 e. The monoisotopic (exact) mass is 224 g/mol. The van der Waals surface area contributed by atoms with E-state index in [1.807, 2.05) is 6.92 Å². The fourth-order valence-electron chi connectivity index (χ4n) is 2.31. The van der Waals surface area contributed by atoms with Crippen LogP contribution in [0.5, 0.6) is 0 Å². The summed E-state index contributed by atoms with van der Waals surface area (Å²) in [5, 5.41) is 8.72. The molecule has 0 aromatic rings. The molecule has 0 heterocycles. The lowest BCUT2D eigenvalue weighted by Gasteiger charge is -2.07. The van der Waals surface area contributed by atoms with Gasteiger partial charge < -0.3 is 5.11 Å². The number of carbonyl (C=O) groups excluding carboxylic acids is 1. The number of allylic oxidation sites excluding steroid dienone is 1. The first kappa shape index (κ1) is 12.9. The van der Waals surface area contributed by atoms with Gasteiger partial charge in [0, 0.05) is 11.5 Å². The zero-order valence-corrected chi connectivity index (χ0v) is 10.1. The maximum Gasteiger partial charge on any atom is 0.307 e. The average Bonchev–Trinajstić information content (AvgIpc) is 2.46. The van der Waals surface area contributed by atoms with Crippen molar-refractivity contribution >= 4 is 11.8 Å². The van der Waals surface area contributed by atoms with Gasteiger partial charge in [0.05, 0.1) is 6.42 Å². The lowest BCUT2D eigenvalue weighted by molar-refractivity contribution is -0.137. The van der Waals surface area contributed by atoms with Crippen LogP contribution >= 0.6 is 0 Å². The number of carbonyl (C=O) groups is 2. The minimum absolute atomic E-state index is 0.0564. The SMILES string of the molecule is CCCCCC1CC(C)=C(CC(=O)O)C1=O. The van der Waals surface area contributed by atoms with Crippen molar-refractivity contribution in [3.63, 3.8) is 0 Å². The van der Waals surface area contributed by atoms with Crippen LogP contribution in [-0.2, 0) is 9.59 Å². The molecule has 1 atom stereocenters. The van der Waals surface area contributed by atoms with E-state index in [2.05, 4.69) is 6.92 Å². The lowest BCUT2D eigenvalue weighted by Crippen LogP contribution is -2.12. The van der Waals surface area contributed by atoms with E-state index < -0.39 is 5.97 Å². The van der Waals surface area contributed by atoms with Crippen molar-refractivity contribution in [1.82, 2.24) is 0 Å². The topological polar surface area (TPSA) is 54.4 Å². The summed E-state index contributed by atoms with van der Waals surface area (Å²) >= 11 is 0. The summed E-state index contributed by atoms with van der Waals surface area (Å²) < 4.78 is 0. The Morgan fingerprint density at radius 1 is 1.44 bits per heavy atom. The van der Waals surface area contributed by atoms with E-state index in [0.717, 1.165) is 37.7 Å². The summed E-state index contributed by atoms with van der Waals surface area (Å²) in [6.45, 7) is 4.02. The molecule has 1 unspecified atom stereocenters. The molecule has 0 amide bonds. The maximum atomic E-state index is 11.9. The maximum absolute atomic E-state index is 11.9. The molecular weight excluding hydrogens is 204 g/mol. The molecule has 0 spiro atoms. The lowest BCUT2D eigenvalue weighted by atomic mass is 9.96. The van der Waals surface area contributed by atoms with Crippen LogP contribution in [0.3, 0.4) is 0 Å². The highest BCUT2D eigenvalue weighted by Gasteiger charge is 2.31. The zero-order chi connectivity index (χ0) is 12.1. The van der Waals surface area contributed by atoms with Crippen LogP contribution in [0, 0.1) is 5.92 Å². The molecule has 1 aliphatic rings. The summed E-state index contributed by atoms with van der Waals surface area (Å²) in [5.41, 5.74) is 1.53. The van der Waals surface area contributed by atoms with Gasteiger partial charge in [-0.05, 0) is 19.8 Å². The van der Waals surface area contributed by atoms with E-state index in [0.29, 0.717) is 5.57 Å². The van der Waals surface area contributed by atoms with E-state index in [4.69, 9.17) is 5.11 Å². The third-order valence-corrected chi connectivity index (χ3v) is 3.22. The first-order valence-corrected chi connectivity index (χ1v) is 6.00. The third-order valence-electron chi connectivity index (χ3n) is 3.22. The van der Waals surface area contributed by atoms with Gasteiger partial charge in [-0.1, -0.05) is 31.8 Å². The Morgan fingerprint density at radius 2 is 2.12 bits per heavy atom. The van der Waals surface area contributed by atoms with E-state index in [1.54, 1.807) is 0 Å². The van der Waals surface area contributed by atoms with Crippen molar-refractivity contribution in [3.05, 3.63) is 11.1 Å². The molecule has 0 aromatic heterocycles. The van der Waals surface area contributed by atoms with Crippen LogP contribution in [0.2, 0.25) is 0 Å². The number of aliphatic carboxylic acids is 1. The van der Waals surface area contributed by atoms with Gasteiger partial charge in [0.2, 0.25) is 0 Å². The molecular formula is C13H20O3. The van der Waals surface area contributed by atoms with Crippen LogP contribution < -0.4 is 0 Å². The molecule has 1 aliphatic carbocycles. The Balaban J connectivity index is 2.52. The number of hydrogen-bond donors (Lipinski definition) is 1. The predicted molar refractivity (Wildman–Crippen MR) is 62.2 cm³/mol. The molecule has 0 bridgehead atoms. The predicted octanol–water partition coefficient (Wildman–Crippen LogP) is 2.95. The highest BCUT2D eigenvalue weighted by Crippen LogP contribution is 2.33. The van der Waals surface area contributed by atoms with Crippen LogP contribution in [0.15, 0.2) is 11.1 Å². The number of unbranched alkanes of at least 4 members (excludes halogenated alkanes) is 2. The van der Waals surface area contributed by atoms with Crippen LogP contribution in [0.25, 0.3) is 0 Å². The molecule has 90 valence electrons. The van der Waals surface area contributed by atoms with E-state index in [1.165, 1.54) is 0 Å². The summed E-state index contributed by atoms with van der Waals surface area (Å²) in [7, 11) is 0. The van der Waals surface area contributed by atoms with Gasteiger partial charge in [-0.3, -0.25) is 9.59 Å². The van der Waals surface area contributed by atoms with Crippen LogP contribution in [0.1, 0.15) is 52.4 Å². The molecule has 1 N–H and O–H groups in total. The quantitative estimate of drug-likeness (QED) is 0.706. The fourth-order valence-corrected chi connectivity index (χ4v) is 2.31. The molecule has 0 fully saturated rings. The highest BCUT2D eigenvalue weighted by atomic mass is 16.4. The van der Waals surface area contributed by atoms with Gasteiger partial charge >= 0.3 is 5.97 Å². The number of rotatable bonds is 6. The van der Waals surface area contributed by atoms with Crippen molar-refractivity contribution in [2.45, 2.75) is 52.4 Å². The number of carboxylic acid groups (broad SMARTS) is 1. The second-order valence-electron chi connectivity index (χ2n) is 4.59. The van der Waals surface area contributed by atoms with Gasteiger partial charge in [-0.15, -0.1) is 0 Å². The smallest absolute Gasteiger partial charge is 0.307 e. The molecule has 3 heteroatoms. The first-order chi connectivity index (χ1) is 7.56. The van der Waals surface area contributed by atoms with Gasteiger partial charge in [0.15, 0.2) is 5.78 Å². The van der Waals surface area contributed by atoms with Gasteiger partial charge in [-0.25, -0.2) is 0 Å². The van der Waals surface area contributed by atoms with E-state index >= 15 is 0 Å². The van der Waals surface area contributed by atoms with Crippen LogP contribution in [0.4, 0.5) is 0 Å². The summed E-state index contributed by atoms with van der Waals surface area (Å²) in [5.74, 6) is -0.770. The molecule has 0 aromatic carbocycles. The first-order valence-electron chi connectivity index (χ1n) is 6.00. The number of Topliss-reactive ketones (excluding diaryl/α,β-unsaturated/α-hetero) is 1. The Bertz CT molecular complexity index is 315. The number of hydrogen-bond acceptors (Lipinski definition) is 2. The normalized spacial score (nSPS) is 20.6. The zero-order valence-electron chi connectivity index (χ0n) is 10.1. The number of carboxylic acids is 1. The fraction of sp³-hybridized carbons (Fsp3) is 0.692. The van der Waals surface area contributed by atoms with Crippen molar-refractivity contribution in [1.29, 1.82) is 0 Å². The summed E-state index contributed by atoms with van der Waals surface area (Å²) in [4.78, 5) is 22.6. The highest BCUT2D eigenvalue weighted by molar-refractivity contribution is 6.03. The van der Waals surface area contributed by atoms with Gasteiger partial charge in [-0.2, -0.15) is 0 Å². The third kappa shape index (κ3) is 3.19. The molecule has 0 aliphatic heterocycles. The van der Waals surface area contributed by atoms with E-state index in [-0.39, 0.29) is 18.1 Å². The Labute approximate surface area is 96.5 Å². The standard InChI is InChI=1S/C13H20O3/c1-3-4-5-6-10-7-9(2)11(13(10)16)8-12(14)15/h10H,3-8H2,1-2H3,(H,14,15). The average molecular weight is 224 g/mol. The second-order valence-corrected chi connectivity index (χ2v) is 4.59. The van der Waals surface area contributed by atoms with Crippen LogP contribution in [-0.4, -0.2) is 16.9 Å². The molecule has 16 heavy (non-hydrogen) atoms. The Morgan fingerprint density at radius 3 is 2.69 bits per heavy atom. The van der Waals surface area contributed by atoms with Gasteiger partial charge in [0.25, 0.3) is 0 Å². The van der Waals surface area contributed by atoms with Gasteiger partial charge in [0.1, 0.15) is 0 Å². The molecule has 1 rings (SSSR count). The van der Waals surface area contributed by atoms with E-state index in [9.17, 15) is 9.59 Å². The summed E-state index contributed by atoms with van der Waals surface area (Å²) in [6.07, 6.45) is 4.94. The Hall–Kier alpha value is -1.12. The molecule has 0 saturated carbocycles. The molecule has 3 nitrogen and oxygen atoms in total. The van der Waals surface area contributed by atoms with Crippen molar-refractivity contribution in [2.24, 2.45) is 5.92 Å². The second kappa shape index (κ2) is 5.83. The van der Waals surface area contributed by atoms with Crippen molar-refractivity contribution in [2.75, 3.05) is 0 Å². The minimum Gasteiger partial charge on any atom is -0.481 e. The number of ketones is 1. The Kier molecular flexibility index (Phi) is 4.71. The van der Waals surface area contributed by atoms with Crippen molar-refractivity contribution < 1.29 is 14.7 Å². The summed E-state index contributed by atoms with van der Waals surface area (Å²) in [6, 6.07) is 0. The minimum atomic E-state index is -0.906. The molecule has 0 radical (unpaired) electrons.